The van der Waals surface area contributed by atoms with E-state index in [0.29, 0.717) is 0 Å². The van der Waals surface area contributed by atoms with Gasteiger partial charge in [-0.15, -0.1) is 0 Å². The third kappa shape index (κ3) is 6.04. The van der Waals surface area contributed by atoms with Crippen molar-refractivity contribution in [3.63, 3.8) is 0 Å². The Hall–Kier alpha value is -0.380. The maximum Gasteiger partial charge on any atom is 0.303 e. The Morgan fingerprint density at radius 3 is 2.27 bits per heavy atom. The normalized spacial score (nSPS) is 15.8. The average Bonchev–Trinajstić information content (AvgIpc) is 1.84. The van der Waals surface area contributed by atoms with Crippen LogP contribution in [0.3, 0.4) is 0 Å². The van der Waals surface area contributed by atoms with Gasteiger partial charge in [0.1, 0.15) is 0 Å². The molecule has 3 N–H and O–H groups in total. The smallest absolute Gasteiger partial charge is 0.303 e. The van der Waals surface area contributed by atoms with Crippen molar-refractivity contribution in [2.75, 3.05) is 18.9 Å². The summed E-state index contributed by atoms with van der Waals surface area (Å²) in [6, 6.07) is 0. The van der Waals surface area contributed by atoms with Gasteiger partial charge >= 0.3 is 5.97 Å². The monoisotopic (exact) mass is 182 g/mol. The van der Waals surface area contributed by atoms with E-state index >= 15 is 0 Å². The molecule has 0 fully saturated rings. The molecule has 1 atom stereocenters. The zero-order valence-electron chi connectivity index (χ0n) is 5.93. The van der Waals surface area contributed by atoms with E-state index in [2.05, 4.69) is 0 Å². The van der Waals surface area contributed by atoms with Gasteiger partial charge in [0.2, 0.25) is 7.37 Å². The van der Waals surface area contributed by atoms with Crippen LogP contribution in [0.25, 0.3) is 0 Å². The number of carboxylic acid groups (broad SMARTS) is 1. The molecule has 0 aliphatic carbocycles. The molecule has 0 saturated carbocycles. The number of rotatable bonds is 5. The van der Waals surface area contributed by atoms with E-state index in [-0.39, 0.29) is 25.4 Å². The van der Waals surface area contributed by atoms with E-state index in [0.717, 1.165) is 0 Å². The van der Waals surface area contributed by atoms with Crippen LogP contribution in [0.5, 0.6) is 0 Å². The van der Waals surface area contributed by atoms with E-state index in [1.807, 2.05) is 0 Å². The molecule has 0 aromatic carbocycles. The number of carbonyl (C=O) groups is 1. The summed E-state index contributed by atoms with van der Waals surface area (Å²) in [4.78, 5) is 18.9. The van der Waals surface area contributed by atoms with Gasteiger partial charge in [-0.2, -0.15) is 0 Å². The molecule has 0 saturated heterocycles. The first kappa shape index (κ1) is 10.6. The highest BCUT2D eigenvalue weighted by atomic mass is 31.2. The first-order valence-corrected chi connectivity index (χ1v) is 5.14. The van der Waals surface area contributed by atoms with Gasteiger partial charge in [0, 0.05) is 12.3 Å². The van der Waals surface area contributed by atoms with Crippen LogP contribution in [0, 0.1) is 0 Å². The lowest BCUT2D eigenvalue weighted by Crippen LogP contribution is -2.03. The highest BCUT2D eigenvalue weighted by molar-refractivity contribution is 7.58. The Bertz CT molecular complexity index is 178. The summed E-state index contributed by atoms with van der Waals surface area (Å²) in [5, 5.41) is 16.4. The van der Waals surface area contributed by atoms with Crippen molar-refractivity contribution in [2.24, 2.45) is 0 Å². The fourth-order valence-corrected chi connectivity index (χ4v) is 1.62. The quantitative estimate of drug-likeness (QED) is 0.508. The van der Waals surface area contributed by atoms with Crippen LogP contribution in [-0.4, -0.2) is 40.0 Å². The fraction of sp³-hybridized carbons (Fsp3) is 0.800. The van der Waals surface area contributed by atoms with Crippen molar-refractivity contribution in [3.8, 4) is 0 Å². The predicted octanol–water partition coefficient (Wildman–Crippen LogP) is -0.276. The molecule has 0 amide bonds. The van der Waals surface area contributed by atoms with Crippen molar-refractivity contribution in [1.29, 1.82) is 0 Å². The molecular weight excluding hydrogens is 171 g/mol. The second-order valence-corrected chi connectivity index (χ2v) is 4.75. The SMILES string of the molecule is O=C(O)CCP(=O)(O)CCO. The molecule has 1 unspecified atom stereocenters. The first-order chi connectivity index (χ1) is 4.98. The number of hydrogen-bond acceptors (Lipinski definition) is 3. The van der Waals surface area contributed by atoms with E-state index < -0.39 is 13.3 Å². The molecule has 0 aliphatic rings. The van der Waals surface area contributed by atoms with E-state index in [9.17, 15) is 9.36 Å². The van der Waals surface area contributed by atoms with Gasteiger partial charge in [-0.05, 0) is 0 Å². The Balaban J connectivity index is 3.73. The third-order valence-corrected chi connectivity index (χ3v) is 2.95. The van der Waals surface area contributed by atoms with Gasteiger partial charge in [-0.3, -0.25) is 9.36 Å². The number of aliphatic hydroxyl groups is 1. The molecule has 5 nitrogen and oxygen atoms in total. The van der Waals surface area contributed by atoms with Crippen LogP contribution < -0.4 is 0 Å². The van der Waals surface area contributed by atoms with Crippen molar-refractivity contribution >= 4 is 13.3 Å². The lowest BCUT2D eigenvalue weighted by molar-refractivity contribution is -0.136. The minimum Gasteiger partial charge on any atom is -0.481 e. The molecule has 0 radical (unpaired) electrons. The Morgan fingerprint density at radius 2 is 1.91 bits per heavy atom. The molecular formula is C5H11O5P. The number of carboxylic acids is 1. The van der Waals surface area contributed by atoms with Crippen LogP contribution in [-0.2, 0) is 9.36 Å². The van der Waals surface area contributed by atoms with Gasteiger partial charge in [0.05, 0.1) is 13.0 Å². The Kier molecular flexibility index (Phi) is 4.33. The molecule has 0 aliphatic heterocycles. The molecule has 0 spiro atoms. The zero-order valence-corrected chi connectivity index (χ0v) is 6.83. The summed E-state index contributed by atoms with van der Waals surface area (Å²) >= 11 is 0. The Labute approximate surface area is 64.1 Å². The molecule has 0 aromatic heterocycles. The van der Waals surface area contributed by atoms with Crippen LogP contribution >= 0.6 is 7.37 Å². The number of hydrogen-bond donors (Lipinski definition) is 3. The van der Waals surface area contributed by atoms with E-state index in [4.69, 9.17) is 15.1 Å². The van der Waals surface area contributed by atoms with E-state index in [1.54, 1.807) is 0 Å². The van der Waals surface area contributed by atoms with Crippen LogP contribution in [0.15, 0.2) is 0 Å². The van der Waals surface area contributed by atoms with Gasteiger partial charge in [0.25, 0.3) is 0 Å². The van der Waals surface area contributed by atoms with Crippen LogP contribution in [0.1, 0.15) is 6.42 Å². The van der Waals surface area contributed by atoms with Gasteiger partial charge in [-0.1, -0.05) is 0 Å². The van der Waals surface area contributed by atoms with Crippen molar-refractivity contribution in [3.05, 3.63) is 0 Å². The van der Waals surface area contributed by atoms with Gasteiger partial charge in [-0.25, -0.2) is 0 Å². The second kappa shape index (κ2) is 4.49. The van der Waals surface area contributed by atoms with Gasteiger partial charge < -0.3 is 15.1 Å². The minimum absolute atomic E-state index is 0.222. The lowest BCUT2D eigenvalue weighted by Gasteiger charge is -2.06. The van der Waals surface area contributed by atoms with Crippen molar-refractivity contribution in [2.45, 2.75) is 6.42 Å². The topological polar surface area (TPSA) is 94.8 Å². The second-order valence-electron chi connectivity index (χ2n) is 2.16. The maximum atomic E-state index is 10.9. The summed E-state index contributed by atoms with van der Waals surface area (Å²) < 4.78 is 10.9. The third-order valence-electron chi connectivity index (χ3n) is 1.12. The molecule has 0 aromatic rings. The van der Waals surface area contributed by atoms with Crippen LogP contribution in [0.2, 0.25) is 0 Å². The fourth-order valence-electron chi connectivity index (χ4n) is 0.538. The molecule has 11 heavy (non-hydrogen) atoms. The highest BCUT2D eigenvalue weighted by Crippen LogP contribution is 2.40. The minimum atomic E-state index is -3.38. The summed E-state index contributed by atoms with van der Waals surface area (Å²) in [5.41, 5.74) is 0. The van der Waals surface area contributed by atoms with E-state index in [1.165, 1.54) is 0 Å². The standard InChI is InChI=1S/C5H11O5P/c6-2-4-11(9,10)3-1-5(7)8/h6H,1-4H2,(H,7,8)(H,9,10). The maximum absolute atomic E-state index is 10.9. The number of aliphatic hydroxyl groups excluding tert-OH is 1. The lowest BCUT2D eigenvalue weighted by atomic mass is 10.5. The first-order valence-electron chi connectivity index (χ1n) is 3.11. The molecule has 0 bridgehead atoms. The number of aliphatic carboxylic acids is 1. The summed E-state index contributed by atoms with van der Waals surface area (Å²) in [5.74, 6) is -1.10. The predicted molar refractivity (Wildman–Crippen MR) is 38.9 cm³/mol. The Morgan fingerprint density at radius 1 is 1.36 bits per heavy atom. The zero-order chi connectivity index (χ0) is 8.91. The van der Waals surface area contributed by atoms with Gasteiger partial charge in [0.15, 0.2) is 0 Å². The molecule has 6 heteroatoms. The highest BCUT2D eigenvalue weighted by Gasteiger charge is 2.18. The summed E-state index contributed by atoms with van der Waals surface area (Å²) in [6.45, 7) is -0.382. The molecule has 0 heterocycles. The molecule has 0 rings (SSSR count). The summed E-state index contributed by atoms with van der Waals surface area (Å²) in [6.07, 6.45) is -0.809. The van der Waals surface area contributed by atoms with Crippen LogP contribution in [0.4, 0.5) is 0 Å². The van der Waals surface area contributed by atoms with Crippen molar-refractivity contribution in [1.82, 2.24) is 0 Å². The average molecular weight is 182 g/mol. The largest absolute Gasteiger partial charge is 0.481 e. The molecule has 66 valence electrons. The van der Waals surface area contributed by atoms with Crippen molar-refractivity contribution < 1.29 is 24.5 Å². The summed E-state index contributed by atoms with van der Waals surface area (Å²) in [7, 11) is -3.38.